The second kappa shape index (κ2) is 7.79. The number of rotatable bonds is 5. The van der Waals surface area contributed by atoms with Crippen LogP contribution in [0, 0.1) is 0 Å². The Morgan fingerprint density at radius 1 is 1.42 bits per heavy atom. The number of carbonyl (C=O) groups is 1. The van der Waals surface area contributed by atoms with Crippen molar-refractivity contribution in [2.24, 2.45) is 0 Å². The molecule has 0 spiro atoms. The minimum Gasteiger partial charge on any atom is -0.339 e. The fourth-order valence-corrected chi connectivity index (χ4v) is 3.52. The van der Waals surface area contributed by atoms with E-state index in [-0.39, 0.29) is 5.91 Å². The molecule has 0 bridgehead atoms. The number of amides is 1. The van der Waals surface area contributed by atoms with E-state index in [1.165, 1.54) is 18.2 Å². The first-order chi connectivity index (χ1) is 11.7. The molecule has 3 heterocycles. The van der Waals surface area contributed by atoms with E-state index in [0.717, 1.165) is 36.4 Å². The molecule has 1 amide bonds. The van der Waals surface area contributed by atoms with Crippen molar-refractivity contribution in [1.82, 2.24) is 20.0 Å². The van der Waals surface area contributed by atoms with Crippen molar-refractivity contribution in [3.63, 3.8) is 0 Å². The van der Waals surface area contributed by atoms with Crippen LogP contribution in [0.5, 0.6) is 0 Å². The number of thioether (sulfide) groups is 1. The van der Waals surface area contributed by atoms with Gasteiger partial charge in [0.1, 0.15) is 0 Å². The number of piperidine rings is 1. The molecular formula is C17H22N4O2S. The van der Waals surface area contributed by atoms with E-state index in [1.54, 1.807) is 6.20 Å². The largest absolute Gasteiger partial charge is 0.339 e. The van der Waals surface area contributed by atoms with Gasteiger partial charge in [-0.15, -0.1) is 0 Å². The van der Waals surface area contributed by atoms with E-state index in [1.807, 2.05) is 24.0 Å². The van der Waals surface area contributed by atoms with Gasteiger partial charge in [-0.3, -0.25) is 4.79 Å². The van der Waals surface area contributed by atoms with E-state index in [9.17, 15) is 4.79 Å². The van der Waals surface area contributed by atoms with E-state index >= 15 is 0 Å². The molecule has 2 aromatic heterocycles. The van der Waals surface area contributed by atoms with Crippen LogP contribution in [-0.2, 0) is 11.2 Å². The minimum atomic E-state index is 0.197. The van der Waals surface area contributed by atoms with Gasteiger partial charge in [0.05, 0.1) is 16.3 Å². The van der Waals surface area contributed by atoms with Gasteiger partial charge in [0.25, 0.3) is 5.89 Å². The van der Waals surface area contributed by atoms with Gasteiger partial charge in [-0.1, -0.05) is 23.8 Å². The molecule has 128 valence electrons. The van der Waals surface area contributed by atoms with Crippen LogP contribution in [0.4, 0.5) is 0 Å². The topological polar surface area (TPSA) is 72.1 Å². The zero-order valence-corrected chi connectivity index (χ0v) is 14.9. The lowest BCUT2D eigenvalue weighted by Crippen LogP contribution is -2.42. The number of likely N-dealkylation sites (tertiary alicyclic amines) is 1. The zero-order valence-electron chi connectivity index (χ0n) is 14.1. The third-order valence-electron chi connectivity index (χ3n) is 4.23. The van der Waals surface area contributed by atoms with Gasteiger partial charge < -0.3 is 9.42 Å². The van der Waals surface area contributed by atoms with Crippen molar-refractivity contribution in [2.45, 2.75) is 50.6 Å². The Balaban J connectivity index is 1.57. The van der Waals surface area contributed by atoms with Gasteiger partial charge in [-0.05, 0) is 38.3 Å². The molecule has 1 fully saturated rings. The summed E-state index contributed by atoms with van der Waals surface area (Å²) >= 11 is 1.47. The molecule has 1 unspecified atom stereocenters. The number of hydrogen-bond acceptors (Lipinski definition) is 6. The Morgan fingerprint density at radius 2 is 2.29 bits per heavy atom. The van der Waals surface area contributed by atoms with E-state index in [2.05, 4.69) is 22.0 Å². The van der Waals surface area contributed by atoms with Crippen molar-refractivity contribution in [2.75, 3.05) is 12.3 Å². The second-order valence-corrected chi connectivity index (χ2v) is 6.97. The summed E-state index contributed by atoms with van der Waals surface area (Å²) < 4.78 is 5.20. The van der Waals surface area contributed by atoms with Gasteiger partial charge >= 0.3 is 0 Å². The molecule has 6 nitrogen and oxygen atoms in total. The molecule has 0 aliphatic carbocycles. The summed E-state index contributed by atoms with van der Waals surface area (Å²) in [5, 5.41) is 4.71. The van der Waals surface area contributed by atoms with E-state index in [0.29, 0.717) is 23.5 Å². The monoisotopic (exact) mass is 346 g/mol. The SMILES string of the molecule is CCc1noc(-c2ccc(SCC(=O)N3CCCCC3C)nc2)n1. The van der Waals surface area contributed by atoms with Gasteiger partial charge in [0.15, 0.2) is 5.82 Å². The van der Waals surface area contributed by atoms with E-state index in [4.69, 9.17) is 4.52 Å². The lowest BCUT2D eigenvalue weighted by Gasteiger charge is -2.33. The number of aryl methyl sites for hydroxylation is 1. The lowest BCUT2D eigenvalue weighted by atomic mass is 10.0. The predicted molar refractivity (Wildman–Crippen MR) is 92.7 cm³/mol. The van der Waals surface area contributed by atoms with Gasteiger partial charge in [-0.25, -0.2) is 4.98 Å². The number of carbonyl (C=O) groups excluding carboxylic acids is 1. The van der Waals surface area contributed by atoms with Crippen LogP contribution >= 0.6 is 11.8 Å². The first-order valence-corrected chi connectivity index (χ1v) is 9.37. The average Bonchev–Trinajstić information content (AvgIpc) is 3.10. The quantitative estimate of drug-likeness (QED) is 0.774. The third-order valence-corrected chi connectivity index (χ3v) is 5.16. The highest BCUT2D eigenvalue weighted by atomic mass is 32.2. The minimum absolute atomic E-state index is 0.197. The maximum atomic E-state index is 12.4. The Bertz CT molecular complexity index is 686. The third kappa shape index (κ3) is 3.95. The summed E-state index contributed by atoms with van der Waals surface area (Å²) in [5.74, 6) is 1.79. The maximum absolute atomic E-state index is 12.4. The molecular weight excluding hydrogens is 324 g/mol. The van der Waals surface area contributed by atoms with Crippen molar-refractivity contribution >= 4 is 17.7 Å². The summed E-state index contributed by atoms with van der Waals surface area (Å²) in [6.45, 7) is 4.99. The smallest absolute Gasteiger partial charge is 0.259 e. The van der Waals surface area contributed by atoms with Crippen LogP contribution < -0.4 is 0 Å². The lowest BCUT2D eigenvalue weighted by molar-refractivity contribution is -0.131. The molecule has 1 atom stereocenters. The Hall–Kier alpha value is -1.89. The summed E-state index contributed by atoms with van der Waals surface area (Å²) in [7, 11) is 0. The van der Waals surface area contributed by atoms with Crippen LogP contribution in [-0.4, -0.2) is 44.3 Å². The molecule has 24 heavy (non-hydrogen) atoms. The highest BCUT2D eigenvalue weighted by Gasteiger charge is 2.23. The molecule has 1 aliphatic rings. The van der Waals surface area contributed by atoms with Crippen molar-refractivity contribution in [3.8, 4) is 11.5 Å². The second-order valence-electron chi connectivity index (χ2n) is 5.98. The molecule has 0 N–H and O–H groups in total. The fourth-order valence-electron chi connectivity index (χ4n) is 2.79. The maximum Gasteiger partial charge on any atom is 0.259 e. The Kier molecular flexibility index (Phi) is 5.50. The van der Waals surface area contributed by atoms with Crippen molar-refractivity contribution < 1.29 is 9.32 Å². The number of pyridine rings is 1. The van der Waals surface area contributed by atoms with Crippen LogP contribution in [0.1, 0.15) is 38.9 Å². The van der Waals surface area contributed by atoms with Crippen LogP contribution in [0.3, 0.4) is 0 Å². The molecule has 0 aromatic carbocycles. The van der Waals surface area contributed by atoms with Crippen LogP contribution in [0.15, 0.2) is 27.9 Å². The molecule has 0 radical (unpaired) electrons. The molecule has 3 rings (SSSR count). The number of hydrogen-bond donors (Lipinski definition) is 0. The Labute approximate surface area is 146 Å². The summed E-state index contributed by atoms with van der Waals surface area (Å²) in [5.41, 5.74) is 0.794. The van der Waals surface area contributed by atoms with E-state index < -0.39 is 0 Å². The zero-order chi connectivity index (χ0) is 16.9. The molecule has 1 aliphatic heterocycles. The first-order valence-electron chi connectivity index (χ1n) is 8.38. The van der Waals surface area contributed by atoms with Gasteiger partial charge in [0.2, 0.25) is 5.91 Å². The number of aromatic nitrogens is 3. The first kappa shape index (κ1) is 17.0. The summed E-state index contributed by atoms with van der Waals surface area (Å²) in [4.78, 5) is 23.0. The van der Waals surface area contributed by atoms with Gasteiger partial charge in [0, 0.05) is 25.2 Å². The predicted octanol–water partition coefficient (Wildman–Crippen LogP) is 3.19. The standard InChI is InChI=1S/C17H22N4O2S/c1-3-14-19-17(23-20-14)13-7-8-15(18-10-13)24-11-16(22)21-9-5-4-6-12(21)2/h7-8,10,12H,3-6,9,11H2,1-2H3. The molecule has 0 saturated carbocycles. The highest BCUT2D eigenvalue weighted by Crippen LogP contribution is 2.23. The molecule has 1 saturated heterocycles. The van der Waals surface area contributed by atoms with Crippen LogP contribution in [0.2, 0.25) is 0 Å². The number of nitrogens with zero attached hydrogens (tertiary/aromatic N) is 4. The Morgan fingerprint density at radius 3 is 2.96 bits per heavy atom. The normalized spacial score (nSPS) is 17.9. The van der Waals surface area contributed by atoms with Gasteiger partial charge in [-0.2, -0.15) is 4.98 Å². The summed E-state index contributed by atoms with van der Waals surface area (Å²) in [6, 6.07) is 4.14. The van der Waals surface area contributed by atoms with Crippen molar-refractivity contribution in [3.05, 3.63) is 24.2 Å². The van der Waals surface area contributed by atoms with Crippen LogP contribution in [0.25, 0.3) is 11.5 Å². The average molecular weight is 346 g/mol. The molecule has 7 heteroatoms. The highest BCUT2D eigenvalue weighted by molar-refractivity contribution is 7.99. The van der Waals surface area contributed by atoms with Crippen molar-refractivity contribution in [1.29, 1.82) is 0 Å². The summed E-state index contributed by atoms with van der Waals surface area (Å²) in [6.07, 6.45) is 5.88. The molecule has 2 aromatic rings. The fraction of sp³-hybridized carbons (Fsp3) is 0.529.